The standard InChI is InChI=1S/C14H18F3NO2/c15-14(16,17)20-12-3-1-10(2-4-12)9-13(19)11-5-7-18-8-6-11/h1-4,11,13,18-19H,5-9H2. The van der Waals surface area contributed by atoms with Gasteiger partial charge in [0.15, 0.2) is 0 Å². The normalized spacial score (nSPS) is 18.8. The number of hydrogen-bond acceptors (Lipinski definition) is 3. The van der Waals surface area contributed by atoms with Crippen molar-refractivity contribution in [3.63, 3.8) is 0 Å². The third-order valence-electron chi connectivity index (χ3n) is 3.53. The predicted octanol–water partition coefficient (Wildman–Crippen LogP) is 2.49. The van der Waals surface area contributed by atoms with E-state index in [0.29, 0.717) is 6.42 Å². The molecule has 2 rings (SSSR count). The summed E-state index contributed by atoms with van der Waals surface area (Å²) in [5.41, 5.74) is 0.811. The van der Waals surface area contributed by atoms with Crippen LogP contribution in [0.5, 0.6) is 5.75 Å². The molecule has 1 aromatic carbocycles. The Balaban J connectivity index is 1.89. The van der Waals surface area contributed by atoms with Gasteiger partial charge in [-0.05, 0) is 56.0 Å². The van der Waals surface area contributed by atoms with Crippen LogP contribution >= 0.6 is 0 Å². The lowest BCUT2D eigenvalue weighted by atomic mass is 9.89. The van der Waals surface area contributed by atoms with Crippen LogP contribution in [0.4, 0.5) is 13.2 Å². The molecular weight excluding hydrogens is 271 g/mol. The fourth-order valence-corrected chi connectivity index (χ4v) is 2.46. The van der Waals surface area contributed by atoms with Crippen molar-refractivity contribution in [3.8, 4) is 5.75 Å². The van der Waals surface area contributed by atoms with E-state index in [1.54, 1.807) is 12.1 Å². The summed E-state index contributed by atoms with van der Waals surface area (Å²) >= 11 is 0. The molecule has 0 aromatic heterocycles. The van der Waals surface area contributed by atoms with Crippen molar-refractivity contribution in [2.75, 3.05) is 13.1 Å². The van der Waals surface area contributed by atoms with Crippen LogP contribution in [0.1, 0.15) is 18.4 Å². The van der Waals surface area contributed by atoms with E-state index in [-0.39, 0.29) is 11.7 Å². The van der Waals surface area contributed by atoms with Gasteiger partial charge in [0.2, 0.25) is 0 Å². The Bertz CT molecular complexity index is 413. The maximum Gasteiger partial charge on any atom is 0.573 e. The molecule has 6 heteroatoms. The molecule has 20 heavy (non-hydrogen) atoms. The number of piperidine rings is 1. The summed E-state index contributed by atoms with van der Waals surface area (Å²) in [6, 6.07) is 5.67. The molecule has 3 nitrogen and oxygen atoms in total. The molecule has 1 atom stereocenters. The summed E-state index contributed by atoms with van der Waals surface area (Å²) in [6.45, 7) is 1.81. The Labute approximate surface area is 115 Å². The lowest BCUT2D eigenvalue weighted by Crippen LogP contribution is -2.34. The van der Waals surface area contributed by atoms with Crippen LogP contribution in [0.15, 0.2) is 24.3 Å². The molecule has 1 aliphatic heterocycles. The van der Waals surface area contributed by atoms with Gasteiger partial charge in [-0.2, -0.15) is 0 Å². The monoisotopic (exact) mass is 289 g/mol. The SMILES string of the molecule is OC(Cc1ccc(OC(F)(F)F)cc1)C1CCNCC1. The zero-order chi connectivity index (χ0) is 14.6. The highest BCUT2D eigenvalue weighted by molar-refractivity contribution is 5.27. The molecule has 0 amide bonds. The van der Waals surface area contributed by atoms with Gasteiger partial charge >= 0.3 is 6.36 Å². The van der Waals surface area contributed by atoms with Crippen molar-refractivity contribution in [3.05, 3.63) is 29.8 Å². The van der Waals surface area contributed by atoms with E-state index in [0.717, 1.165) is 31.5 Å². The van der Waals surface area contributed by atoms with Crippen molar-refractivity contribution in [1.82, 2.24) is 5.32 Å². The van der Waals surface area contributed by atoms with Gasteiger partial charge in [-0.25, -0.2) is 0 Å². The quantitative estimate of drug-likeness (QED) is 0.895. The van der Waals surface area contributed by atoms with Crippen LogP contribution in [-0.4, -0.2) is 30.7 Å². The van der Waals surface area contributed by atoms with Gasteiger partial charge in [0, 0.05) is 0 Å². The van der Waals surface area contributed by atoms with E-state index >= 15 is 0 Å². The fourth-order valence-electron chi connectivity index (χ4n) is 2.46. The second-order valence-corrected chi connectivity index (χ2v) is 5.05. The first-order valence-electron chi connectivity index (χ1n) is 6.67. The molecule has 1 saturated heterocycles. The molecule has 1 aliphatic rings. The average molecular weight is 289 g/mol. The minimum absolute atomic E-state index is 0.238. The molecule has 1 heterocycles. The number of nitrogens with one attached hydrogen (secondary N) is 1. The minimum atomic E-state index is -4.67. The smallest absolute Gasteiger partial charge is 0.406 e. The maximum atomic E-state index is 12.0. The lowest BCUT2D eigenvalue weighted by Gasteiger charge is -2.27. The molecule has 0 bridgehead atoms. The van der Waals surface area contributed by atoms with Crippen molar-refractivity contribution >= 4 is 0 Å². The number of rotatable bonds is 4. The first kappa shape index (κ1) is 15.1. The number of alkyl halides is 3. The molecule has 112 valence electrons. The third-order valence-corrected chi connectivity index (χ3v) is 3.53. The number of hydrogen-bond donors (Lipinski definition) is 2. The number of aliphatic hydroxyl groups excluding tert-OH is 1. The Hall–Kier alpha value is -1.27. The number of aliphatic hydroxyl groups is 1. The van der Waals surface area contributed by atoms with E-state index < -0.39 is 12.5 Å². The van der Waals surface area contributed by atoms with Gasteiger partial charge < -0.3 is 15.2 Å². The summed E-state index contributed by atoms with van der Waals surface area (Å²) in [7, 11) is 0. The summed E-state index contributed by atoms with van der Waals surface area (Å²) in [6.07, 6.45) is -2.81. The van der Waals surface area contributed by atoms with Crippen LogP contribution in [0, 0.1) is 5.92 Å². The first-order chi connectivity index (χ1) is 9.44. The molecule has 1 fully saturated rings. The number of halogens is 3. The Kier molecular flexibility index (Phi) is 4.88. The summed E-state index contributed by atoms with van der Waals surface area (Å²) < 4.78 is 39.9. The number of ether oxygens (including phenoxy) is 1. The van der Waals surface area contributed by atoms with E-state index in [2.05, 4.69) is 10.1 Å². The Morgan fingerprint density at radius 2 is 1.80 bits per heavy atom. The summed E-state index contributed by atoms with van der Waals surface area (Å²) in [5, 5.41) is 13.4. The second-order valence-electron chi connectivity index (χ2n) is 5.05. The molecule has 0 radical (unpaired) electrons. The molecule has 1 unspecified atom stereocenters. The van der Waals surface area contributed by atoms with Crippen LogP contribution in [0.3, 0.4) is 0 Å². The molecule has 0 aliphatic carbocycles. The van der Waals surface area contributed by atoms with Crippen LogP contribution in [0.2, 0.25) is 0 Å². The fraction of sp³-hybridized carbons (Fsp3) is 0.571. The largest absolute Gasteiger partial charge is 0.573 e. The second kappa shape index (κ2) is 6.45. The van der Waals surface area contributed by atoms with Gasteiger partial charge in [-0.3, -0.25) is 0 Å². The molecule has 0 spiro atoms. The molecule has 0 saturated carbocycles. The van der Waals surface area contributed by atoms with Gasteiger partial charge in [0.25, 0.3) is 0 Å². The topological polar surface area (TPSA) is 41.5 Å². The predicted molar refractivity (Wildman–Crippen MR) is 68.4 cm³/mol. The van der Waals surface area contributed by atoms with Crippen LogP contribution in [-0.2, 0) is 6.42 Å². The van der Waals surface area contributed by atoms with Gasteiger partial charge in [-0.15, -0.1) is 13.2 Å². The van der Waals surface area contributed by atoms with Gasteiger partial charge in [0.1, 0.15) is 5.75 Å². The van der Waals surface area contributed by atoms with Gasteiger partial charge in [-0.1, -0.05) is 12.1 Å². The molecular formula is C14H18F3NO2. The highest BCUT2D eigenvalue weighted by Gasteiger charge is 2.31. The van der Waals surface area contributed by atoms with Crippen LogP contribution < -0.4 is 10.1 Å². The van der Waals surface area contributed by atoms with E-state index in [1.807, 2.05) is 0 Å². The highest BCUT2D eigenvalue weighted by atomic mass is 19.4. The first-order valence-corrected chi connectivity index (χ1v) is 6.67. The summed E-state index contributed by atoms with van der Waals surface area (Å²) in [5.74, 6) is 0.0138. The van der Waals surface area contributed by atoms with Crippen molar-refractivity contribution in [1.29, 1.82) is 0 Å². The molecule has 2 N–H and O–H groups in total. The third kappa shape index (κ3) is 4.68. The van der Waals surface area contributed by atoms with Crippen molar-refractivity contribution in [2.45, 2.75) is 31.7 Å². The van der Waals surface area contributed by atoms with E-state index in [9.17, 15) is 18.3 Å². The zero-order valence-corrected chi connectivity index (χ0v) is 11.0. The Morgan fingerprint density at radius 3 is 2.35 bits per heavy atom. The average Bonchev–Trinajstić information content (AvgIpc) is 2.40. The lowest BCUT2D eigenvalue weighted by molar-refractivity contribution is -0.274. The van der Waals surface area contributed by atoms with E-state index in [4.69, 9.17) is 0 Å². The minimum Gasteiger partial charge on any atom is -0.406 e. The zero-order valence-electron chi connectivity index (χ0n) is 11.0. The highest BCUT2D eigenvalue weighted by Crippen LogP contribution is 2.24. The number of benzene rings is 1. The van der Waals surface area contributed by atoms with Crippen molar-refractivity contribution < 1.29 is 23.0 Å². The van der Waals surface area contributed by atoms with Gasteiger partial charge in [0.05, 0.1) is 6.10 Å². The van der Waals surface area contributed by atoms with Crippen molar-refractivity contribution in [2.24, 2.45) is 5.92 Å². The molecule has 1 aromatic rings. The summed E-state index contributed by atoms with van der Waals surface area (Å²) in [4.78, 5) is 0. The maximum absolute atomic E-state index is 12.0. The Morgan fingerprint density at radius 1 is 1.20 bits per heavy atom. The van der Waals surface area contributed by atoms with E-state index in [1.165, 1.54) is 12.1 Å². The van der Waals surface area contributed by atoms with Crippen LogP contribution in [0.25, 0.3) is 0 Å².